The number of imidazole rings is 1. The number of esters is 1. The molecule has 2 heterocycles. The molecule has 2 aromatic heterocycles. The Kier molecular flexibility index (Phi) is 3.06. The average Bonchev–Trinajstić information content (AvgIpc) is 2.94. The lowest BCUT2D eigenvalue weighted by Crippen LogP contribution is -2.14. The van der Waals surface area contributed by atoms with Gasteiger partial charge in [-0.3, -0.25) is 4.79 Å². The van der Waals surface area contributed by atoms with Gasteiger partial charge in [0.05, 0.1) is 12.4 Å². The number of carbonyl (C=O) groups is 1. The Labute approximate surface area is 119 Å². The van der Waals surface area contributed by atoms with Crippen molar-refractivity contribution in [2.45, 2.75) is 25.5 Å². The summed E-state index contributed by atoms with van der Waals surface area (Å²) in [5, 5.41) is 0.227. The Hall–Kier alpha value is -2.15. The zero-order valence-corrected chi connectivity index (χ0v) is 11.4. The fraction of sp³-hybridized carbons (Fsp3) is 0.333. The number of hydrogen-bond acceptors (Lipinski definition) is 6. The van der Waals surface area contributed by atoms with Gasteiger partial charge >= 0.3 is 5.97 Å². The summed E-state index contributed by atoms with van der Waals surface area (Å²) < 4.78 is 7.00. The van der Waals surface area contributed by atoms with Crippen LogP contribution in [0.2, 0.25) is 5.15 Å². The van der Waals surface area contributed by atoms with Crippen LogP contribution in [0.15, 0.2) is 18.5 Å². The molecule has 2 N–H and O–H groups in total. The molecular formula is C12H12ClN5O2. The van der Waals surface area contributed by atoms with Crippen molar-refractivity contribution in [3.05, 3.63) is 23.6 Å². The fourth-order valence-electron chi connectivity index (χ4n) is 2.29. The molecule has 2 aromatic rings. The van der Waals surface area contributed by atoms with E-state index in [1.807, 2.05) is 16.7 Å². The van der Waals surface area contributed by atoms with E-state index in [0.29, 0.717) is 17.6 Å². The van der Waals surface area contributed by atoms with Gasteiger partial charge in [0.2, 0.25) is 5.95 Å². The molecule has 0 radical (unpaired) electrons. The van der Waals surface area contributed by atoms with E-state index >= 15 is 0 Å². The number of hydrogen-bond donors (Lipinski definition) is 1. The zero-order valence-electron chi connectivity index (χ0n) is 10.7. The van der Waals surface area contributed by atoms with E-state index in [9.17, 15) is 4.79 Å². The Morgan fingerprint density at radius 2 is 2.30 bits per heavy atom. The first-order valence-electron chi connectivity index (χ1n) is 6.05. The summed E-state index contributed by atoms with van der Waals surface area (Å²) in [5.74, 6) is -0.201. The van der Waals surface area contributed by atoms with E-state index in [1.54, 1.807) is 6.33 Å². The van der Waals surface area contributed by atoms with E-state index in [4.69, 9.17) is 22.1 Å². The molecule has 0 amide bonds. The molecule has 1 aliphatic carbocycles. The first-order chi connectivity index (χ1) is 9.54. The van der Waals surface area contributed by atoms with Crippen molar-refractivity contribution >= 4 is 34.7 Å². The van der Waals surface area contributed by atoms with Crippen LogP contribution in [-0.2, 0) is 9.53 Å². The molecule has 0 aliphatic heterocycles. The molecule has 0 saturated heterocycles. The molecule has 0 aromatic carbocycles. The van der Waals surface area contributed by atoms with Crippen molar-refractivity contribution in [3.63, 3.8) is 0 Å². The lowest BCUT2D eigenvalue weighted by atomic mass is 10.2. The quantitative estimate of drug-likeness (QED) is 0.512. The summed E-state index contributed by atoms with van der Waals surface area (Å²) in [6.45, 7) is 1.39. The van der Waals surface area contributed by atoms with Crippen LogP contribution in [0.3, 0.4) is 0 Å². The number of rotatable bonds is 2. The van der Waals surface area contributed by atoms with Crippen molar-refractivity contribution in [1.82, 2.24) is 19.5 Å². The molecule has 104 valence electrons. The normalized spacial score (nSPS) is 21.5. The summed E-state index contributed by atoms with van der Waals surface area (Å²) in [5.41, 5.74) is 6.68. The second-order valence-electron chi connectivity index (χ2n) is 4.53. The number of nitrogens with zero attached hydrogens (tertiary/aromatic N) is 4. The predicted molar refractivity (Wildman–Crippen MR) is 73.1 cm³/mol. The largest absolute Gasteiger partial charge is 0.458 e. The Morgan fingerprint density at radius 3 is 3.05 bits per heavy atom. The number of nitrogens with two attached hydrogens (primary N) is 1. The van der Waals surface area contributed by atoms with Gasteiger partial charge in [-0.15, -0.1) is 0 Å². The highest BCUT2D eigenvalue weighted by Gasteiger charge is 2.24. The molecule has 2 atom stereocenters. The van der Waals surface area contributed by atoms with Gasteiger partial charge in [-0.2, -0.15) is 9.97 Å². The predicted octanol–water partition coefficient (Wildman–Crippen LogP) is 1.49. The minimum Gasteiger partial charge on any atom is -0.458 e. The van der Waals surface area contributed by atoms with Crippen LogP contribution in [0.5, 0.6) is 0 Å². The van der Waals surface area contributed by atoms with Gasteiger partial charge in [0.15, 0.2) is 10.8 Å². The van der Waals surface area contributed by atoms with Gasteiger partial charge in [0.1, 0.15) is 11.6 Å². The van der Waals surface area contributed by atoms with Gasteiger partial charge in [-0.25, -0.2) is 4.98 Å². The summed E-state index contributed by atoms with van der Waals surface area (Å²) in [4.78, 5) is 23.2. The molecule has 0 spiro atoms. The number of halogens is 1. The number of nitrogen functional groups attached to an aromatic ring is 1. The summed E-state index contributed by atoms with van der Waals surface area (Å²) in [7, 11) is 0. The maximum absolute atomic E-state index is 11.0. The van der Waals surface area contributed by atoms with Crippen LogP contribution >= 0.6 is 11.6 Å². The maximum atomic E-state index is 11.0. The lowest BCUT2D eigenvalue weighted by Gasteiger charge is -2.13. The van der Waals surface area contributed by atoms with Crippen LogP contribution in [-0.4, -0.2) is 31.6 Å². The third-order valence-corrected chi connectivity index (χ3v) is 3.36. The van der Waals surface area contributed by atoms with Crippen molar-refractivity contribution in [1.29, 1.82) is 0 Å². The number of aromatic nitrogens is 4. The monoisotopic (exact) mass is 293 g/mol. The van der Waals surface area contributed by atoms with E-state index < -0.39 is 0 Å². The molecule has 0 bridgehead atoms. The SMILES string of the molecule is CC(=O)OC1C=CC(n2cnc3c(Cl)nc(N)nc32)C1. The molecule has 7 nitrogen and oxygen atoms in total. The smallest absolute Gasteiger partial charge is 0.303 e. The number of anilines is 1. The number of allylic oxidation sites excluding steroid dienone is 1. The first-order valence-corrected chi connectivity index (χ1v) is 6.43. The highest BCUT2D eigenvalue weighted by Crippen LogP contribution is 2.29. The van der Waals surface area contributed by atoms with Gasteiger partial charge in [-0.1, -0.05) is 17.7 Å². The molecule has 1 aliphatic rings. The van der Waals surface area contributed by atoms with Crippen LogP contribution in [0.1, 0.15) is 19.4 Å². The number of ether oxygens (including phenoxy) is 1. The van der Waals surface area contributed by atoms with Gasteiger partial charge in [-0.05, 0) is 6.08 Å². The van der Waals surface area contributed by atoms with E-state index in [-0.39, 0.29) is 29.2 Å². The zero-order chi connectivity index (χ0) is 14.3. The maximum Gasteiger partial charge on any atom is 0.303 e. The van der Waals surface area contributed by atoms with Crippen molar-refractivity contribution in [2.75, 3.05) is 5.73 Å². The minimum absolute atomic E-state index is 0.00489. The summed E-state index contributed by atoms with van der Waals surface area (Å²) >= 11 is 5.99. The van der Waals surface area contributed by atoms with Crippen LogP contribution in [0.4, 0.5) is 5.95 Å². The van der Waals surface area contributed by atoms with Crippen LogP contribution < -0.4 is 5.73 Å². The highest BCUT2D eigenvalue weighted by molar-refractivity contribution is 6.33. The Morgan fingerprint density at radius 1 is 1.50 bits per heavy atom. The molecule has 3 rings (SSSR count). The fourth-order valence-corrected chi connectivity index (χ4v) is 2.51. The molecule has 0 fully saturated rings. The average molecular weight is 294 g/mol. The van der Waals surface area contributed by atoms with Gasteiger partial charge in [0, 0.05) is 13.3 Å². The Balaban J connectivity index is 1.93. The number of carbonyl (C=O) groups excluding carboxylic acids is 1. The second-order valence-corrected chi connectivity index (χ2v) is 4.89. The Bertz CT molecular complexity index is 711. The minimum atomic E-state index is -0.301. The highest BCUT2D eigenvalue weighted by atomic mass is 35.5. The third kappa shape index (κ3) is 2.20. The molecule has 8 heteroatoms. The van der Waals surface area contributed by atoms with Crippen molar-refractivity contribution in [2.24, 2.45) is 0 Å². The van der Waals surface area contributed by atoms with E-state index in [2.05, 4.69) is 15.0 Å². The third-order valence-electron chi connectivity index (χ3n) is 3.09. The van der Waals surface area contributed by atoms with Crippen molar-refractivity contribution in [3.8, 4) is 0 Å². The molecule has 20 heavy (non-hydrogen) atoms. The van der Waals surface area contributed by atoms with Gasteiger partial charge in [0.25, 0.3) is 0 Å². The number of fused-ring (bicyclic) bond motifs is 1. The first kappa shape index (κ1) is 12.9. The molecular weight excluding hydrogens is 282 g/mol. The second kappa shape index (κ2) is 4.75. The van der Waals surface area contributed by atoms with Crippen LogP contribution in [0.25, 0.3) is 11.2 Å². The summed E-state index contributed by atoms with van der Waals surface area (Å²) in [6, 6.07) is -0.00489. The standard InChI is InChI=1S/C12H12ClN5O2/c1-6(19)20-8-3-2-7(4-8)18-5-15-9-10(13)16-12(14)17-11(9)18/h2-3,5,7-8H,4H2,1H3,(H2,14,16,17). The van der Waals surface area contributed by atoms with Crippen LogP contribution in [0, 0.1) is 0 Å². The topological polar surface area (TPSA) is 95.9 Å². The molecule has 2 unspecified atom stereocenters. The van der Waals surface area contributed by atoms with E-state index in [1.165, 1.54) is 6.92 Å². The molecule has 0 saturated carbocycles. The lowest BCUT2D eigenvalue weighted by molar-refractivity contribution is -0.144. The summed E-state index contributed by atoms with van der Waals surface area (Å²) in [6.07, 6.45) is 5.83. The van der Waals surface area contributed by atoms with E-state index in [0.717, 1.165) is 0 Å². The van der Waals surface area contributed by atoms with Gasteiger partial charge < -0.3 is 15.0 Å². The van der Waals surface area contributed by atoms with Crippen molar-refractivity contribution < 1.29 is 9.53 Å².